The van der Waals surface area contributed by atoms with E-state index < -0.39 is 17.0 Å². The van der Waals surface area contributed by atoms with Crippen LogP contribution in [0.3, 0.4) is 0 Å². The molecular formula is C21H26O4. The first-order chi connectivity index (χ1) is 11.6. The molecule has 0 aromatic heterocycles. The summed E-state index contributed by atoms with van der Waals surface area (Å²) in [4.78, 5) is 11.8. The molecule has 0 heterocycles. The molecule has 0 spiro atoms. The number of aliphatic hydroxyl groups is 1. The van der Waals surface area contributed by atoms with E-state index in [9.17, 15) is 15.0 Å². The van der Waals surface area contributed by atoms with Crippen molar-refractivity contribution in [2.75, 3.05) is 7.11 Å². The standard InChI is InChI=1S/C21H26O4/c1-6-10-20(18(22)23)11-7-12-21(24,14-20)15-8-9-17(25-5)16(13-15)19(2,3)4/h7-9,11,13,24H,12,14H2,1-5H3,(H,22,23). The van der Waals surface area contributed by atoms with Gasteiger partial charge in [0.05, 0.1) is 12.7 Å². The zero-order valence-corrected chi connectivity index (χ0v) is 15.5. The number of rotatable bonds is 3. The summed E-state index contributed by atoms with van der Waals surface area (Å²) in [5.74, 6) is 5.17. The Labute approximate surface area is 149 Å². The Balaban J connectivity index is 2.56. The maximum Gasteiger partial charge on any atom is 0.325 e. The van der Waals surface area contributed by atoms with E-state index in [0.29, 0.717) is 12.0 Å². The van der Waals surface area contributed by atoms with Crippen molar-refractivity contribution in [2.45, 2.75) is 51.6 Å². The van der Waals surface area contributed by atoms with Crippen LogP contribution in [-0.2, 0) is 15.8 Å². The van der Waals surface area contributed by atoms with Gasteiger partial charge in [-0.3, -0.25) is 4.79 Å². The van der Waals surface area contributed by atoms with Crippen LogP contribution >= 0.6 is 0 Å². The minimum atomic E-state index is -1.37. The second-order valence-electron chi connectivity index (χ2n) is 7.63. The van der Waals surface area contributed by atoms with Crippen LogP contribution in [0.25, 0.3) is 0 Å². The second-order valence-corrected chi connectivity index (χ2v) is 7.63. The third-order valence-electron chi connectivity index (χ3n) is 4.70. The van der Waals surface area contributed by atoms with E-state index in [2.05, 4.69) is 32.6 Å². The molecule has 2 N–H and O–H groups in total. The normalized spacial score (nSPS) is 25.8. The topological polar surface area (TPSA) is 66.8 Å². The van der Waals surface area contributed by atoms with Crippen LogP contribution in [0.2, 0.25) is 0 Å². The van der Waals surface area contributed by atoms with E-state index in [4.69, 9.17) is 4.74 Å². The van der Waals surface area contributed by atoms with Crippen molar-refractivity contribution in [1.82, 2.24) is 0 Å². The number of carbonyl (C=O) groups is 1. The fourth-order valence-electron chi connectivity index (χ4n) is 3.36. The molecule has 0 fully saturated rings. The van der Waals surface area contributed by atoms with Crippen molar-refractivity contribution in [3.8, 4) is 17.6 Å². The van der Waals surface area contributed by atoms with Gasteiger partial charge in [0.1, 0.15) is 11.2 Å². The van der Waals surface area contributed by atoms with Crippen molar-refractivity contribution in [3.63, 3.8) is 0 Å². The van der Waals surface area contributed by atoms with Crippen LogP contribution in [0.5, 0.6) is 5.75 Å². The number of hydrogen-bond acceptors (Lipinski definition) is 3. The number of hydrogen-bond donors (Lipinski definition) is 2. The highest BCUT2D eigenvalue weighted by Crippen LogP contribution is 2.45. The fraction of sp³-hybridized carbons (Fsp3) is 0.476. The molecule has 4 heteroatoms. The number of carboxylic acid groups (broad SMARTS) is 1. The predicted octanol–water partition coefficient (Wildman–Crippen LogP) is 3.62. The highest BCUT2D eigenvalue weighted by atomic mass is 16.5. The van der Waals surface area contributed by atoms with E-state index in [1.54, 1.807) is 32.3 Å². The van der Waals surface area contributed by atoms with E-state index in [1.165, 1.54) is 0 Å². The Morgan fingerprint density at radius 2 is 2.00 bits per heavy atom. The Bertz CT molecular complexity index is 760. The molecule has 4 nitrogen and oxygen atoms in total. The summed E-state index contributed by atoms with van der Waals surface area (Å²) >= 11 is 0. The summed E-state index contributed by atoms with van der Waals surface area (Å²) in [5.41, 5.74) is -1.17. The maximum atomic E-state index is 11.8. The first kappa shape index (κ1) is 19.1. The van der Waals surface area contributed by atoms with E-state index in [1.807, 2.05) is 12.1 Å². The first-order valence-electron chi connectivity index (χ1n) is 8.34. The van der Waals surface area contributed by atoms with Crippen molar-refractivity contribution in [3.05, 3.63) is 41.5 Å². The summed E-state index contributed by atoms with van der Waals surface area (Å²) < 4.78 is 5.45. The zero-order valence-electron chi connectivity index (χ0n) is 15.5. The van der Waals surface area contributed by atoms with Gasteiger partial charge in [0.2, 0.25) is 0 Å². The number of aliphatic carboxylic acids is 1. The number of methoxy groups -OCH3 is 1. The quantitative estimate of drug-likeness (QED) is 0.650. The monoisotopic (exact) mass is 342 g/mol. The molecule has 1 aliphatic rings. The molecule has 0 amide bonds. The first-order valence-corrected chi connectivity index (χ1v) is 8.34. The van der Waals surface area contributed by atoms with Gasteiger partial charge in [0, 0.05) is 6.42 Å². The van der Waals surface area contributed by atoms with Gasteiger partial charge in [-0.05, 0) is 42.0 Å². The lowest BCUT2D eigenvalue weighted by atomic mass is 9.69. The molecule has 0 aliphatic heterocycles. The average molecular weight is 342 g/mol. The predicted molar refractivity (Wildman–Crippen MR) is 97.5 cm³/mol. The largest absolute Gasteiger partial charge is 0.496 e. The second kappa shape index (κ2) is 6.57. The van der Waals surface area contributed by atoms with Crippen LogP contribution in [0.15, 0.2) is 30.4 Å². The van der Waals surface area contributed by atoms with Gasteiger partial charge in [-0.25, -0.2) is 0 Å². The summed E-state index contributed by atoms with van der Waals surface area (Å²) in [5, 5.41) is 21.0. The molecule has 0 saturated heterocycles. The number of benzene rings is 1. The molecular weight excluding hydrogens is 316 g/mol. The molecule has 1 aliphatic carbocycles. The Kier molecular flexibility index (Phi) is 5.02. The van der Waals surface area contributed by atoms with Crippen molar-refractivity contribution < 1.29 is 19.7 Å². The Morgan fingerprint density at radius 3 is 2.52 bits per heavy atom. The minimum absolute atomic E-state index is 0.0165. The van der Waals surface area contributed by atoms with Gasteiger partial charge in [-0.15, -0.1) is 5.92 Å². The highest BCUT2D eigenvalue weighted by molar-refractivity contribution is 5.81. The summed E-state index contributed by atoms with van der Waals surface area (Å²) in [7, 11) is 1.62. The third kappa shape index (κ3) is 3.57. The van der Waals surface area contributed by atoms with Crippen LogP contribution in [0, 0.1) is 17.3 Å². The Hall–Kier alpha value is -2.25. The molecule has 2 unspecified atom stereocenters. The molecule has 1 aromatic carbocycles. The lowest BCUT2D eigenvalue weighted by molar-refractivity contribution is -0.147. The SMILES string of the molecule is CC#CC1(C(=O)O)C=CCC(O)(c2ccc(OC)c(C(C)(C)C)c2)C1. The minimum Gasteiger partial charge on any atom is -0.496 e. The summed E-state index contributed by atoms with van der Waals surface area (Å²) in [6.07, 6.45) is 3.67. The van der Waals surface area contributed by atoms with Crippen molar-refractivity contribution >= 4 is 5.97 Å². The summed E-state index contributed by atoms with van der Waals surface area (Å²) in [6.45, 7) is 7.83. The van der Waals surface area contributed by atoms with Gasteiger partial charge in [-0.1, -0.05) is 44.9 Å². The molecule has 0 radical (unpaired) electrons. The number of ether oxygens (including phenoxy) is 1. The summed E-state index contributed by atoms with van der Waals surface area (Å²) in [6, 6.07) is 5.56. The van der Waals surface area contributed by atoms with Gasteiger partial charge in [0.25, 0.3) is 0 Å². The third-order valence-corrected chi connectivity index (χ3v) is 4.70. The maximum absolute atomic E-state index is 11.8. The smallest absolute Gasteiger partial charge is 0.325 e. The molecule has 2 rings (SSSR count). The van der Waals surface area contributed by atoms with Crippen LogP contribution in [-0.4, -0.2) is 23.3 Å². The van der Waals surface area contributed by atoms with Gasteiger partial charge < -0.3 is 14.9 Å². The van der Waals surface area contributed by atoms with Gasteiger partial charge in [0.15, 0.2) is 0 Å². The van der Waals surface area contributed by atoms with E-state index in [-0.39, 0.29) is 11.8 Å². The van der Waals surface area contributed by atoms with Crippen LogP contribution in [0.4, 0.5) is 0 Å². The van der Waals surface area contributed by atoms with Crippen molar-refractivity contribution in [2.24, 2.45) is 5.41 Å². The molecule has 25 heavy (non-hydrogen) atoms. The fourth-order valence-corrected chi connectivity index (χ4v) is 3.36. The van der Waals surface area contributed by atoms with Gasteiger partial charge >= 0.3 is 5.97 Å². The Morgan fingerprint density at radius 1 is 1.32 bits per heavy atom. The molecule has 0 bridgehead atoms. The van der Waals surface area contributed by atoms with Gasteiger partial charge in [-0.2, -0.15) is 0 Å². The zero-order chi connectivity index (χ0) is 18.9. The van der Waals surface area contributed by atoms with E-state index in [0.717, 1.165) is 11.3 Å². The molecule has 2 atom stereocenters. The van der Waals surface area contributed by atoms with Crippen LogP contribution < -0.4 is 4.74 Å². The lowest BCUT2D eigenvalue weighted by Gasteiger charge is -2.38. The van der Waals surface area contributed by atoms with Crippen molar-refractivity contribution in [1.29, 1.82) is 0 Å². The molecule has 0 saturated carbocycles. The highest BCUT2D eigenvalue weighted by Gasteiger charge is 2.46. The molecule has 1 aromatic rings. The van der Waals surface area contributed by atoms with E-state index >= 15 is 0 Å². The molecule has 134 valence electrons. The van der Waals surface area contributed by atoms with Crippen LogP contribution in [0.1, 0.15) is 51.7 Å². The lowest BCUT2D eigenvalue weighted by Crippen LogP contribution is -2.41. The number of carboxylic acids is 1. The average Bonchev–Trinajstić information content (AvgIpc) is 2.53.